The van der Waals surface area contributed by atoms with Crippen molar-refractivity contribution in [3.63, 3.8) is 0 Å². The van der Waals surface area contributed by atoms with Gasteiger partial charge in [-0.25, -0.2) is 4.98 Å². The Morgan fingerprint density at radius 3 is 2.84 bits per heavy atom. The summed E-state index contributed by atoms with van der Waals surface area (Å²) < 4.78 is 7.44. The predicted molar refractivity (Wildman–Crippen MR) is 70.1 cm³/mol. The molecule has 0 aliphatic carbocycles. The van der Waals surface area contributed by atoms with Crippen LogP contribution < -0.4 is 4.74 Å². The monoisotopic (exact) mass is 260 g/mol. The molecule has 0 aliphatic heterocycles. The van der Waals surface area contributed by atoms with Gasteiger partial charge in [-0.05, 0) is 12.1 Å². The lowest BCUT2D eigenvalue weighted by atomic mass is 10.3. The minimum absolute atomic E-state index is 0.100. The van der Waals surface area contributed by atoms with Crippen LogP contribution >= 0.6 is 0 Å². The molecule has 0 amide bonds. The van der Waals surface area contributed by atoms with Gasteiger partial charge in [-0.3, -0.25) is 4.79 Å². The number of carboxylic acid groups (broad SMARTS) is 1. The van der Waals surface area contributed by atoms with Crippen LogP contribution in [0.2, 0.25) is 0 Å². The molecule has 0 saturated carbocycles. The van der Waals surface area contributed by atoms with Crippen molar-refractivity contribution in [2.75, 3.05) is 6.61 Å². The summed E-state index contributed by atoms with van der Waals surface area (Å²) in [5, 5.41) is 8.67. The molecule has 1 aromatic carbocycles. The molecular formula is C14H16N2O3. The molecule has 19 heavy (non-hydrogen) atoms. The van der Waals surface area contributed by atoms with Crippen LogP contribution in [-0.2, 0) is 17.8 Å². The Hall–Kier alpha value is -2.30. The lowest BCUT2D eigenvalue weighted by Gasteiger charge is -2.08. The summed E-state index contributed by atoms with van der Waals surface area (Å²) in [5.41, 5.74) is 0. The SMILES string of the molecule is O=C(O)CCn1ccnc1CCOc1ccccc1. The van der Waals surface area contributed by atoms with Crippen molar-refractivity contribution < 1.29 is 14.6 Å². The molecule has 2 rings (SSSR count). The second-order valence-electron chi connectivity index (χ2n) is 4.09. The highest BCUT2D eigenvalue weighted by atomic mass is 16.5. The molecule has 0 saturated heterocycles. The summed E-state index contributed by atoms with van der Waals surface area (Å²) in [7, 11) is 0. The zero-order valence-electron chi connectivity index (χ0n) is 10.5. The van der Waals surface area contributed by atoms with Gasteiger partial charge < -0.3 is 14.4 Å². The lowest BCUT2D eigenvalue weighted by Crippen LogP contribution is -2.10. The topological polar surface area (TPSA) is 64.3 Å². The van der Waals surface area contributed by atoms with Crippen molar-refractivity contribution >= 4 is 5.97 Å². The molecule has 0 unspecified atom stereocenters. The van der Waals surface area contributed by atoms with Crippen molar-refractivity contribution in [3.05, 3.63) is 48.5 Å². The third-order valence-corrected chi connectivity index (χ3v) is 2.71. The third kappa shape index (κ3) is 4.13. The molecular weight excluding hydrogens is 244 g/mol. The van der Waals surface area contributed by atoms with E-state index in [0.29, 0.717) is 19.6 Å². The number of carbonyl (C=O) groups is 1. The summed E-state index contributed by atoms with van der Waals surface area (Å²) in [6.07, 6.45) is 4.23. The fourth-order valence-electron chi connectivity index (χ4n) is 1.76. The lowest BCUT2D eigenvalue weighted by molar-refractivity contribution is -0.137. The number of rotatable bonds is 7. The minimum Gasteiger partial charge on any atom is -0.493 e. The second-order valence-corrected chi connectivity index (χ2v) is 4.09. The van der Waals surface area contributed by atoms with E-state index in [0.717, 1.165) is 11.6 Å². The maximum atomic E-state index is 10.5. The average Bonchev–Trinajstić information content (AvgIpc) is 2.85. The van der Waals surface area contributed by atoms with Gasteiger partial charge in [-0.2, -0.15) is 0 Å². The number of ether oxygens (including phenoxy) is 1. The van der Waals surface area contributed by atoms with Gasteiger partial charge in [-0.1, -0.05) is 18.2 Å². The van der Waals surface area contributed by atoms with Crippen molar-refractivity contribution in [2.24, 2.45) is 0 Å². The first-order chi connectivity index (χ1) is 9.25. The highest BCUT2D eigenvalue weighted by molar-refractivity contribution is 5.66. The summed E-state index contributed by atoms with van der Waals surface area (Å²) in [5.74, 6) is 0.864. The largest absolute Gasteiger partial charge is 0.493 e. The van der Waals surface area contributed by atoms with Gasteiger partial charge in [0.1, 0.15) is 11.6 Å². The molecule has 2 aromatic rings. The van der Waals surface area contributed by atoms with Gasteiger partial charge in [0.2, 0.25) is 0 Å². The van der Waals surface area contributed by atoms with Gasteiger partial charge in [0.15, 0.2) is 0 Å². The molecule has 0 bridgehead atoms. The Morgan fingerprint density at radius 2 is 2.11 bits per heavy atom. The summed E-state index contributed by atoms with van der Waals surface area (Å²) in [6.45, 7) is 0.962. The van der Waals surface area contributed by atoms with E-state index in [1.807, 2.05) is 34.9 Å². The Balaban J connectivity index is 1.83. The van der Waals surface area contributed by atoms with Crippen LogP contribution in [0.1, 0.15) is 12.2 Å². The normalized spacial score (nSPS) is 10.3. The first-order valence-electron chi connectivity index (χ1n) is 6.15. The minimum atomic E-state index is -0.805. The molecule has 100 valence electrons. The van der Waals surface area contributed by atoms with Crippen LogP contribution in [0.5, 0.6) is 5.75 Å². The van der Waals surface area contributed by atoms with Crippen molar-refractivity contribution in [3.8, 4) is 5.75 Å². The van der Waals surface area contributed by atoms with E-state index in [9.17, 15) is 4.79 Å². The molecule has 1 heterocycles. The van der Waals surface area contributed by atoms with Gasteiger partial charge >= 0.3 is 5.97 Å². The van der Waals surface area contributed by atoms with E-state index in [-0.39, 0.29) is 6.42 Å². The number of carboxylic acids is 1. The number of benzene rings is 1. The van der Waals surface area contributed by atoms with Crippen molar-refractivity contribution in [2.45, 2.75) is 19.4 Å². The Kier molecular flexibility index (Phi) is 4.55. The number of para-hydroxylation sites is 1. The van der Waals surface area contributed by atoms with E-state index in [1.165, 1.54) is 0 Å². The van der Waals surface area contributed by atoms with Crippen molar-refractivity contribution in [1.82, 2.24) is 9.55 Å². The van der Waals surface area contributed by atoms with E-state index in [1.54, 1.807) is 12.4 Å². The number of aryl methyl sites for hydroxylation is 1. The zero-order chi connectivity index (χ0) is 13.5. The number of hydrogen-bond donors (Lipinski definition) is 1. The summed E-state index contributed by atoms with van der Waals surface area (Å²) >= 11 is 0. The van der Waals surface area contributed by atoms with Crippen LogP contribution in [0.4, 0.5) is 0 Å². The summed E-state index contributed by atoms with van der Waals surface area (Å²) in [4.78, 5) is 14.8. The van der Waals surface area contributed by atoms with Gasteiger partial charge in [0, 0.05) is 25.4 Å². The standard InChI is InChI=1S/C14H16N2O3/c17-14(18)6-9-16-10-8-15-13(16)7-11-19-12-4-2-1-3-5-12/h1-5,8,10H,6-7,9,11H2,(H,17,18). The molecule has 0 fully saturated rings. The van der Waals surface area contributed by atoms with Crippen LogP contribution in [0, 0.1) is 0 Å². The van der Waals surface area contributed by atoms with Gasteiger partial charge in [-0.15, -0.1) is 0 Å². The predicted octanol–water partition coefficient (Wildman–Crippen LogP) is 1.98. The molecule has 1 aromatic heterocycles. The number of aromatic nitrogens is 2. The number of nitrogens with zero attached hydrogens (tertiary/aromatic N) is 2. The zero-order valence-corrected chi connectivity index (χ0v) is 10.5. The van der Waals surface area contributed by atoms with Crippen molar-refractivity contribution in [1.29, 1.82) is 0 Å². The van der Waals surface area contributed by atoms with Crippen LogP contribution in [0.3, 0.4) is 0 Å². The summed E-state index contributed by atoms with van der Waals surface area (Å²) in [6, 6.07) is 9.57. The molecule has 0 atom stereocenters. The smallest absolute Gasteiger partial charge is 0.305 e. The highest BCUT2D eigenvalue weighted by Gasteiger charge is 2.05. The Bertz CT molecular complexity index is 522. The molecule has 5 heteroatoms. The number of imidazole rings is 1. The molecule has 1 N–H and O–H groups in total. The average molecular weight is 260 g/mol. The number of aliphatic carboxylic acids is 1. The van der Waals surface area contributed by atoms with Crippen LogP contribution in [-0.4, -0.2) is 27.2 Å². The second kappa shape index (κ2) is 6.58. The maximum absolute atomic E-state index is 10.5. The quantitative estimate of drug-likeness (QED) is 0.826. The first kappa shape index (κ1) is 13.1. The molecule has 0 aliphatic rings. The van der Waals surface area contributed by atoms with E-state index in [4.69, 9.17) is 9.84 Å². The van der Waals surface area contributed by atoms with E-state index in [2.05, 4.69) is 4.98 Å². The Morgan fingerprint density at radius 1 is 1.32 bits per heavy atom. The Labute approximate surface area is 111 Å². The van der Waals surface area contributed by atoms with Gasteiger partial charge in [0.05, 0.1) is 13.0 Å². The maximum Gasteiger partial charge on any atom is 0.305 e. The van der Waals surface area contributed by atoms with Crippen LogP contribution in [0.15, 0.2) is 42.7 Å². The van der Waals surface area contributed by atoms with E-state index < -0.39 is 5.97 Å². The fraction of sp³-hybridized carbons (Fsp3) is 0.286. The third-order valence-electron chi connectivity index (χ3n) is 2.71. The molecule has 0 spiro atoms. The molecule has 5 nitrogen and oxygen atoms in total. The fourth-order valence-corrected chi connectivity index (χ4v) is 1.76. The van der Waals surface area contributed by atoms with Gasteiger partial charge in [0.25, 0.3) is 0 Å². The van der Waals surface area contributed by atoms with E-state index >= 15 is 0 Å². The first-order valence-corrected chi connectivity index (χ1v) is 6.15. The van der Waals surface area contributed by atoms with Crippen LogP contribution in [0.25, 0.3) is 0 Å². The highest BCUT2D eigenvalue weighted by Crippen LogP contribution is 2.09. The molecule has 0 radical (unpaired) electrons. The number of hydrogen-bond acceptors (Lipinski definition) is 3.